The molecule has 2 aromatic rings. The van der Waals surface area contributed by atoms with Crippen LogP contribution >= 0.6 is 11.3 Å². The molecule has 1 heterocycles. The molecule has 1 aromatic heterocycles. The molecule has 116 valence electrons. The Labute approximate surface area is 135 Å². The second kappa shape index (κ2) is 8.49. The highest BCUT2D eigenvalue weighted by atomic mass is 32.1. The molecule has 1 aromatic carbocycles. The quantitative estimate of drug-likeness (QED) is 0.748. The van der Waals surface area contributed by atoms with E-state index in [4.69, 9.17) is 0 Å². The molecule has 0 fully saturated rings. The van der Waals surface area contributed by atoms with E-state index in [1.54, 1.807) is 6.07 Å². The molecule has 0 saturated carbocycles. The molecular weight excluding hydrogens is 294 g/mol. The van der Waals surface area contributed by atoms with Gasteiger partial charge in [0.2, 0.25) is 5.91 Å². The average molecular weight is 315 g/mol. The minimum Gasteiger partial charge on any atom is -0.355 e. The van der Waals surface area contributed by atoms with Crippen LogP contribution in [0.2, 0.25) is 0 Å². The van der Waals surface area contributed by atoms with Crippen LogP contribution in [0.4, 0.5) is 0 Å². The van der Waals surface area contributed by atoms with Crippen LogP contribution < -0.4 is 5.32 Å². The summed E-state index contributed by atoms with van der Waals surface area (Å²) in [5.41, 5.74) is 1.24. The van der Waals surface area contributed by atoms with Gasteiger partial charge in [-0.3, -0.25) is 9.59 Å². The molecule has 0 aliphatic heterocycles. The zero-order valence-corrected chi connectivity index (χ0v) is 13.6. The molecule has 2 rings (SSSR count). The van der Waals surface area contributed by atoms with E-state index in [2.05, 4.69) is 24.4 Å². The van der Waals surface area contributed by atoms with Crippen molar-refractivity contribution in [3.05, 3.63) is 58.3 Å². The van der Waals surface area contributed by atoms with Gasteiger partial charge in [0.25, 0.3) is 0 Å². The van der Waals surface area contributed by atoms with Crippen molar-refractivity contribution in [1.29, 1.82) is 0 Å². The van der Waals surface area contributed by atoms with Crippen molar-refractivity contribution in [2.45, 2.75) is 32.1 Å². The highest BCUT2D eigenvalue weighted by molar-refractivity contribution is 7.12. The Morgan fingerprint density at radius 2 is 1.86 bits per heavy atom. The minimum atomic E-state index is -0.0562. The third-order valence-electron chi connectivity index (χ3n) is 3.68. The van der Waals surface area contributed by atoms with E-state index in [9.17, 15) is 9.59 Å². The summed E-state index contributed by atoms with van der Waals surface area (Å²) in [4.78, 5) is 24.5. The number of nitrogens with one attached hydrogen (secondary N) is 1. The molecule has 3 nitrogen and oxygen atoms in total. The Kier molecular flexibility index (Phi) is 6.34. The monoisotopic (exact) mass is 315 g/mol. The third-order valence-corrected chi connectivity index (χ3v) is 4.60. The number of ketones is 1. The lowest BCUT2D eigenvalue weighted by Crippen LogP contribution is -2.28. The smallest absolute Gasteiger partial charge is 0.220 e. The molecule has 1 amide bonds. The maximum atomic E-state index is 11.9. The van der Waals surface area contributed by atoms with E-state index in [0.29, 0.717) is 12.5 Å². The van der Waals surface area contributed by atoms with Crippen LogP contribution in [-0.2, 0) is 4.79 Å². The van der Waals surface area contributed by atoms with E-state index in [0.717, 1.165) is 11.3 Å². The molecule has 1 N–H and O–H groups in total. The summed E-state index contributed by atoms with van der Waals surface area (Å²) in [7, 11) is 0. The molecule has 0 bridgehead atoms. The summed E-state index contributed by atoms with van der Waals surface area (Å²) in [6.07, 6.45) is 1.49. The summed E-state index contributed by atoms with van der Waals surface area (Å²) in [6, 6.07) is 13.8. The molecule has 1 unspecified atom stereocenters. The van der Waals surface area contributed by atoms with Gasteiger partial charge in [0.1, 0.15) is 0 Å². The maximum absolute atomic E-state index is 11.9. The highest BCUT2D eigenvalue weighted by Gasteiger charge is 2.13. The zero-order valence-electron chi connectivity index (χ0n) is 12.7. The predicted molar refractivity (Wildman–Crippen MR) is 90.4 cm³/mol. The molecule has 0 aliphatic rings. The molecule has 0 aliphatic carbocycles. The van der Waals surface area contributed by atoms with E-state index < -0.39 is 0 Å². The van der Waals surface area contributed by atoms with Gasteiger partial charge in [-0.25, -0.2) is 0 Å². The normalized spacial score (nSPS) is 11.9. The number of carbonyl (C=O) groups is 2. The second-order valence-electron chi connectivity index (χ2n) is 5.22. The van der Waals surface area contributed by atoms with Crippen molar-refractivity contribution in [1.82, 2.24) is 5.32 Å². The predicted octanol–water partition coefficient (Wildman–Crippen LogP) is 4.02. The summed E-state index contributed by atoms with van der Waals surface area (Å²) >= 11 is 1.42. The number of thiophene rings is 1. The lowest BCUT2D eigenvalue weighted by atomic mass is 9.96. The molecular formula is C18H21NO2S. The van der Waals surface area contributed by atoms with Crippen molar-refractivity contribution < 1.29 is 9.59 Å². The van der Waals surface area contributed by atoms with Crippen molar-refractivity contribution in [2.75, 3.05) is 6.54 Å². The van der Waals surface area contributed by atoms with Gasteiger partial charge in [-0.1, -0.05) is 43.3 Å². The van der Waals surface area contributed by atoms with Crippen LogP contribution in [0.5, 0.6) is 0 Å². The lowest BCUT2D eigenvalue weighted by molar-refractivity contribution is -0.121. The summed E-state index contributed by atoms with van der Waals surface area (Å²) in [5, 5.41) is 4.82. The molecule has 0 radical (unpaired) electrons. The fraction of sp³-hybridized carbons (Fsp3) is 0.333. The van der Waals surface area contributed by atoms with Crippen LogP contribution in [-0.4, -0.2) is 18.2 Å². The maximum Gasteiger partial charge on any atom is 0.220 e. The largest absolute Gasteiger partial charge is 0.355 e. The summed E-state index contributed by atoms with van der Waals surface area (Å²) in [5.74, 6) is 0.303. The fourth-order valence-electron chi connectivity index (χ4n) is 2.34. The third kappa shape index (κ3) is 4.81. The molecule has 0 spiro atoms. The average Bonchev–Trinajstić information content (AvgIpc) is 3.09. The number of hydrogen-bond donors (Lipinski definition) is 1. The van der Waals surface area contributed by atoms with Crippen LogP contribution in [0.1, 0.15) is 47.3 Å². The second-order valence-corrected chi connectivity index (χ2v) is 6.17. The molecule has 0 saturated heterocycles. The van der Waals surface area contributed by atoms with E-state index in [1.165, 1.54) is 16.9 Å². The summed E-state index contributed by atoms with van der Waals surface area (Å²) < 4.78 is 0. The Balaban J connectivity index is 1.76. The highest BCUT2D eigenvalue weighted by Crippen LogP contribution is 2.18. The van der Waals surface area contributed by atoms with Gasteiger partial charge in [-0.15, -0.1) is 11.3 Å². The van der Waals surface area contributed by atoms with Crippen LogP contribution in [0.15, 0.2) is 47.8 Å². The van der Waals surface area contributed by atoms with E-state index >= 15 is 0 Å². The number of rotatable bonds is 8. The molecule has 4 heteroatoms. The van der Waals surface area contributed by atoms with Crippen LogP contribution in [0.3, 0.4) is 0 Å². The first-order valence-corrected chi connectivity index (χ1v) is 8.47. The summed E-state index contributed by atoms with van der Waals surface area (Å²) in [6.45, 7) is 2.73. The van der Waals surface area contributed by atoms with Gasteiger partial charge >= 0.3 is 0 Å². The van der Waals surface area contributed by atoms with Gasteiger partial charge < -0.3 is 5.32 Å². The minimum absolute atomic E-state index is 0.0419. The Bertz CT molecular complexity index is 593. The van der Waals surface area contributed by atoms with Gasteiger partial charge in [0.15, 0.2) is 5.78 Å². The zero-order chi connectivity index (χ0) is 15.8. The topological polar surface area (TPSA) is 46.2 Å². The number of benzene rings is 1. The van der Waals surface area contributed by atoms with Crippen molar-refractivity contribution >= 4 is 23.0 Å². The van der Waals surface area contributed by atoms with Gasteiger partial charge in [-0.05, 0) is 23.4 Å². The van der Waals surface area contributed by atoms with Crippen molar-refractivity contribution in [3.63, 3.8) is 0 Å². The van der Waals surface area contributed by atoms with Gasteiger partial charge in [0, 0.05) is 25.3 Å². The first kappa shape index (κ1) is 16.4. The Morgan fingerprint density at radius 3 is 2.50 bits per heavy atom. The van der Waals surface area contributed by atoms with E-state index in [1.807, 2.05) is 29.6 Å². The first-order chi connectivity index (χ1) is 10.7. The SMILES string of the molecule is CCC(CNC(=O)CCC(=O)c1cccs1)c1ccccc1. The Morgan fingerprint density at radius 1 is 1.09 bits per heavy atom. The van der Waals surface area contributed by atoms with E-state index in [-0.39, 0.29) is 24.5 Å². The number of carbonyl (C=O) groups excluding carboxylic acids is 2. The number of hydrogen-bond acceptors (Lipinski definition) is 3. The lowest BCUT2D eigenvalue weighted by Gasteiger charge is -2.16. The van der Waals surface area contributed by atoms with Crippen LogP contribution in [0, 0.1) is 0 Å². The van der Waals surface area contributed by atoms with Gasteiger partial charge in [0.05, 0.1) is 4.88 Å². The van der Waals surface area contributed by atoms with Crippen molar-refractivity contribution in [2.24, 2.45) is 0 Å². The Hall–Kier alpha value is -1.94. The molecule has 22 heavy (non-hydrogen) atoms. The van der Waals surface area contributed by atoms with Crippen LogP contribution in [0.25, 0.3) is 0 Å². The number of amides is 1. The van der Waals surface area contributed by atoms with Gasteiger partial charge in [-0.2, -0.15) is 0 Å². The standard InChI is InChI=1S/C18H21NO2S/c1-2-14(15-7-4-3-5-8-15)13-19-18(21)11-10-16(20)17-9-6-12-22-17/h3-9,12,14H,2,10-11,13H2,1H3,(H,19,21). The fourth-order valence-corrected chi connectivity index (χ4v) is 3.03. The first-order valence-electron chi connectivity index (χ1n) is 7.59. The van der Waals surface area contributed by atoms with Crippen molar-refractivity contribution in [3.8, 4) is 0 Å². The molecule has 1 atom stereocenters. The number of Topliss-reactive ketones (excluding diaryl/α,β-unsaturated/α-hetero) is 1.